The molecule has 8 amide bonds. The number of furan rings is 1. The molecule has 0 radical (unpaired) electrons. The number of methoxy groups -OCH3 is 3. The maximum absolute atomic E-state index is 13.0. The summed E-state index contributed by atoms with van der Waals surface area (Å²) in [6.07, 6.45) is 5.41. The Kier molecular flexibility index (Phi) is 16.5. The lowest BCUT2D eigenvalue weighted by molar-refractivity contribution is -0.125. The Hall–Kier alpha value is -8.15. The van der Waals surface area contributed by atoms with Crippen molar-refractivity contribution < 1.29 is 67.8 Å². The highest BCUT2D eigenvalue weighted by Crippen LogP contribution is 2.35. The van der Waals surface area contributed by atoms with E-state index >= 15 is 0 Å². The molecule has 4 aromatic heterocycles. The number of rotatable bonds is 11. The van der Waals surface area contributed by atoms with Gasteiger partial charge < -0.3 is 59.5 Å². The summed E-state index contributed by atoms with van der Waals surface area (Å²) in [5, 5.41) is 44.9. The standard InChI is InChI=1S/C21H18N4O6.C15H13N3O4.C7H8BrNO2.C6H6BrNO2/c1-30-13-4-2-11-8-25(18(27)14(11)6-13)10-21(19(28)23-20(29)24-21)17-7-15-16(31-17)5-3-12(9-26)22-15;1-3-15(13(20)16-14(21)17-15)8-18-7-9-4-5-10(22-2)6-11(9)12(18)19;1-11-6-3-2-5(4-10)9-7(6)8;7-6-5(10)2-1-4(3-9)8-6/h2-7,26H,8-10H2,1H3,(H2,23,24,28,29);1,4-6H,7-8H2,2H3,(H2,16,17,20,21);2-3,10H,4H2,1H3;1-2,9-10H,3H2/t21-;15-;;/m01../s1. The molecule has 0 unspecified atom stereocenters. The van der Waals surface area contributed by atoms with Crippen LogP contribution in [0.2, 0.25) is 0 Å². The minimum atomic E-state index is -1.61. The van der Waals surface area contributed by atoms with Crippen molar-refractivity contribution in [3.05, 3.63) is 133 Å². The molecule has 4 aliphatic rings. The molecule has 2 atom stereocenters. The van der Waals surface area contributed by atoms with Crippen molar-refractivity contribution >= 4 is 78.7 Å². The van der Waals surface area contributed by atoms with E-state index in [0.717, 1.165) is 11.1 Å². The molecular formula is C49H45Br2N9O14. The number of aromatic nitrogens is 3. The molecule has 0 spiro atoms. The highest BCUT2D eigenvalue weighted by Gasteiger charge is 2.53. The van der Waals surface area contributed by atoms with Crippen molar-refractivity contribution in [1.82, 2.24) is 46.0 Å². The van der Waals surface area contributed by atoms with E-state index in [0.29, 0.717) is 72.3 Å². The summed E-state index contributed by atoms with van der Waals surface area (Å²) in [6, 6.07) is 20.3. The number of fused-ring (bicyclic) bond motifs is 3. The zero-order valence-electron chi connectivity index (χ0n) is 39.4. The average Bonchev–Trinajstić information content (AvgIpc) is 4.20. The topological polar surface area (TPSA) is 317 Å². The molecule has 2 saturated heterocycles. The number of aliphatic hydroxyl groups excluding tert-OH is 3. The number of carbonyl (C=O) groups excluding carboxylic acids is 6. The van der Waals surface area contributed by atoms with Crippen LogP contribution in [0.4, 0.5) is 9.59 Å². The van der Waals surface area contributed by atoms with Gasteiger partial charge in [0.05, 0.1) is 71.3 Å². The number of amides is 8. The molecule has 10 rings (SSSR count). The second-order valence-corrected chi connectivity index (χ2v) is 17.8. The lowest BCUT2D eigenvalue weighted by Crippen LogP contribution is -2.54. The smallest absolute Gasteiger partial charge is 0.323 e. The van der Waals surface area contributed by atoms with E-state index in [2.05, 4.69) is 74.0 Å². The first kappa shape index (κ1) is 53.6. The Labute approximate surface area is 437 Å². The van der Waals surface area contributed by atoms with Crippen LogP contribution in [-0.2, 0) is 48.0 Å². The molecule has 0 bridgehead atoms. The average molecular weight is 1140 g/mol. The quantitative estimate of drug-likeness (QED) is 0.0524. The monoisotopic (exact) mass is 1140 g/mol. The van der Waals surface area contributed by atoms with E-state index in [4.69, 9.17) is 40.4 Å². The summed E-state index contributed by atoms with van der Waals surface area (Å²) >= 11 is 6.22. The first-order chi connectivity index (χ1) is 35.4. The third-order valence-electron chi connectivity index (χ3n) is 11.7. The Morgan fingerprint density at radius 2 is 1.19 bits per heavy atom. The van der Waals surface area contributed by atoms with Crippen LogP contribution in [0.3, 0.4) is 0 Å². The fourth-order valence-corrected chi connectivity index (χ4v) is 8.77. The Balaban J connectivity index is 0.000000161. The van der Waals surface area contributed by atoms with Crippen LogP contribution < -0.4 is 35.5 Å². The predicted octanol–water partition coefficient (Wildman–Crippen LogP) is 3.27. The van der Waals surface area contributed by atoms with Crippen molar-refractivity contribution in [2.75, 3.05) is 34.4 Å². The minimum absolute atomic E-state index is 0.0530. The van der Waals surface area contributed by atoms with E-state index < -0.39 is 35.0 Å². The number of aromatic hydroxyl groups is 1. The number of nitrogens with one attached hydrogen (secondary N) is 4. The van der Waals surface area contributed by atoms with Gasteiger partial charge in [0, 0.05) is 30.3 Å². The summed E-state index contributed by atoms with van der Waals surface area (Å²) in [5.41, 5.74) is 1.88. The van der Waals surface area contributed by atoms with Gasteiger partial charge in [-0.1, -0.05) is 18.1 Å². The van der Waals surface area contributed by atoms with E-state index in [1.807, 2.05) is 0 Å². The van der Waals surface area contributed by atoms with Crippen molar-refractivity contribution in [3.63, 3.8) is 0 Å². The summed E-state index contributed by atoms with van der Waals surface area (Å²) in [6.45, 7) is -0.0325. The lowest BCUT2D eigenvalue weighted by Gasteiger charge is -2.28. The molecule has 384 valence electrons. The van der Waals surface area contributed by atoms with Crippen LogP contribution in [0.25, 0.3) is 11.1 Å². The van der Waals surface area contributed by atoms with Gasteiger partial charge in [0.1, 0.15) is 37.7 Å². The summed E-state index contributed by atoms with van der Waals surface area (Å²) < 4.78 is 22.1. The number of hydrogen-bond donors (Lipinski definition) is 8. The third-order valence-corrected chi connectivity index (χ3v) is 12.8. The van der Waals surface area contributed by atoms with Gasteiger partial charge in [-0.05, 0) is 104 Å². The summed E-state index contributed by atoms with van der Waals surface area (Å²) in [5.74, 6) is 2.54. The molecule has 2 aromatic carbocycles. The molecule has 74 heavy (non-hydrogen) atoms. The zero-order valence-corrected chi connectivity index (χ0v) is 42.6. The first-order valence-electron chi connectivity index (χ1n) is 21.9. The summed E-state index contributed by atoms with van der Waals surface area (Å²) in [7, 11) is 4.61. The van der Waals surface area contributed by atoms with E-state index in [9.17, 15) is 33.9 Å². The number of urea groups is 2. The predicted molar refractivity (Wildman–Crippen MR) is 266 cm³/mol. The molecule has 25 heteroatoms. The number of aliphatic hydroxyl groups is 3. The molecule has 2 fully saturated rings. The third kappa shape index (κ3) is 11.2. The van der Waals surface area contributed by atoms with Gasteiger partial charge in [0.25, 0.3) is 23.6 Å². The zero-order chi connectivity index (χ0) is 53.5. The number of pyridine rings is 3. The number of benzene rings is 2. The van der Waals surface area contributed by atoms with Crippen LogP contribution in [0.15, 0.2) is 92.5 Å². The number of hydrogen-bond acceptors (Lipinski definition) is 17. The van der Waals surface area contributed by atoms with Crippen LogP contribution in [0, 0.1) is 12.3 Å². The van der Waals surface area contributed by atoms with Crippen LogP contribution in [0.1, 0.15) is 54.7 Å². The fraction of sp³-hybridized carbons (Fsp3) is 0.245. The lowest BCUT2D eigenvalue weighted by atomic mass is 9.95. The normalized spacial score (nSPS) is 18.0. The fourth-order valence-electron chi connectivity index (χ4n) is 7.88. The van der Waals surface area contributed by atoms with Gasteiger partial charge in [0.15, 0.2) is 22.4 Å². The number of carbonyl (C=O) groups is 6. The Morgan fingerprint density at radius 3 is 1.68 bits per heavy atom. The minimum Gasteiger partial charge on any atom is -0.505 e. The van der Waals surface area contributed by atoms with Crippen molar-refractivity contribution in [2.45, 2.75) is 44.0 Å². The van der Waals surface area contributed by atoms with E-state index in [-0.39, 0.29) is 62.8 Å². The largest absolute Gasteiger partial charge is 0.505 e. The number of imide groups is 2. The molecule has 8 N–H and O–H groups in total. The number of halogens is 2. The highest BCUT2D eigenvalue weighted by atomic mass is 79.9. The molecule has 6 aromatic rings. The number of nitrogens with zero attached hydrogens (tertiary/aromatic N) is 5. The van der Waals surface area contributed by atoms with Gasteiger partial charge in [0.2, 0.25) is 0 Å². The molecular weight excluding hydrogens is 1100 g/mol. The Bertz CT molecular complexity index is 3240. The SMILES string of the molecule is C#C[C@]1(CN2Cc3ccc(OC)cc3C2=O)NC(=O)NC1=O.COc1ccc(CO)nc1Br.COc1ccc2c(c1)C(=O)N(C[C@@]1(c3cc4nc(CO)ccc4o3)NC(=O)NC1=O)C2.OCc1ccc(O)c(Br)n1. The van der Waals surface area contributed by atoms with Gasteiger partial charge in [-0.25, -0.2) is 24.5 Å². The number of terminal acetylenes is 1. The van der Waals surface area contributed by atoms with E-state index in [1.165, 1.54) is 36.2 Å². The van der Waals surface area contributed by atoms with Crippen molar-refractivity contribution in [3.8, 4) is 35.3 Å². The van der Waals surface area contributed by atoms with Crippen molar-refractivity contribution in [2.24, 2.45) is 0 Å². The van der Waals surface area contributed by atoms with Gasteiger partial charge in [-0.3, -0.25) is 29.8 Å². The molecule has 8 heterocycles. The second-order valence-electron chi connectivity index (χ2n) is 16.3. The molecule has 0 aliphatic carbocycles. The second kappa shape index (κ2) is 22.7. The molecule has 4 aliphatic heterocycles. The number of ether oxygens (including phenoxy) is 3. The van der Waals surface area contributed by atoms with Crippen LogP contribution in [0.5, 0.6) is 23.0 Å². The van der Waals surface area contributed by atoms with Gasteiger partial charge in [-0.15, -0.1) is 6.42 Å². The molecule has 0 saturated carbocycles. The Morgan fingerprint density at radius 1 is 0.662 bits per heavy atom. The van der Waals surface area contributed by atoms with E-state index in [1.54, 1.807) is 73.8 Å². The van der Waals surface area contributed by atoms with Gasteiger partial charge in [-0.2, -0.15) is 0 Å². The highest BCUT2D eigenvalue weighted by molar-refractivity contribution is 9.10. The van der Waals surface area contributed by atoms with Gasteiger partial charge >= 0.3 is 12.1 Å². The van der Waals surface area contributed by atoms with Crippen molar-refractivity contribution in [1.29, 1.82) is 0 Å². The maximum atomic E-state index is 13.0. The molecule has 23 nitrogen and oxygen atoms in total. The van der Waals surface area contributed by atoms with Crippen LogP contribution in [-0.4, -0.2) is 121 Å². The van der Waals surface area contributed by atoms with Crippen LogP contribution >= 0.6 is 31.9 Å². The summed E-state index contributed by atoms with van der Waals surface area (Å²) in [4.78, 5) is 88.7. The maximum Gasteiger partial charge on any atom is 0.323 e. The first-order valence-corrected chi connectivity index (χ1v) is 23.5.